The second-order valence-corrected chi connectivity index (χ2v) is 4.46. The van der Waals surface area contributed by atoms with Gasteiger partial charge in [-0.15, -0.1) is 10.2 Å². The Hall–Kier alpha value is -0.940. The van der Waals surface area contributed by atoms with Crippen LogP contribution in [-0.4, -0.2) is 41.1 Å². The highest BCUT2D eigenvalue weighted by Gasteiger charge is 2.20. The van der Waals surface area contributed by atoms with Crippen LogP contribution in [0.25, 0.3) is 0 Å². The molecule has 2 heterocycles. The van der Waals surface area contributed by atoms with Gasteiger partial charge in [-0.2, -0.15) is 0 Å². The van der Waals surface area contributed by atoms with Gasteiger partial charge in [0.15, 0.2) is 0 Å². The fourth-order valence-electron chi connectivity index (χ4n) is 2.31. The van der Waals surface area contributed by atoms with Crippen LogP contribution in [0.1, 0.15) is 37.9 Å². The topological polar surface area (TPSA) is 52.0 Å². The maximum atomic E-state index is 5.35. The molecule has 0 aromatic carbocycles. The Bertz CT molecular complexity index is 320. The number of nitrogens with zero attached hydrogens (tertiary/aromatic N) is 3. The van der Waals surface area contributed by atoms with Crippen LogP contribution < -0.4 is 5.32 Å². The van der Waals surface area contributed by atoms with Crippen molar-refractivity contribution < 1.29 is 4.74 Å². The molecule has 1 aromatic heterocycles. The lowest BCUT2D eigenvalue weighted by molar-refractivity contribution is 0.141. The van der Waals surface area contributed by atoms with E-state index < -0.39 is 0 Å². The molecule has 0 radical (unpaired) electrons. The van der Waals surface area contributed by atoms with Crippen molar-refractivity contribution in [1.82, 2.24) is 20.1 Å². The first-order valence-corrected chi connectivity index (χ1v) is 6.58. The predicted molar refractivity (Wildman–Crippen MR) is 66.0 cm³/mol. The molecule has 0 amide bonds. The third-order valence-electron chi connectivity index (χ3n) is 3.24. The van der Waals surface area contributed by atoms with Crippen molar-refractivity contribution in [3.05, 3.63) is 12.2 Å². The van der Waals surface area contributed by atoms with E-state index in [2.05, 4.69) is 20.1 Å². The van der Waals surface area contributed by atoms with Crippen LogP contribution >= 0.6 is 0 Å². The molecule has 0 saturated carbocycles. The molecule has 5 nitrogen and oxygen atoms in total. The molecular weight excluding hydrogens is 216 g/mol. The molecule has 1 aliphatic rings. The van der Waals surface area contributed by atoms with Gasteiger partial charge in [0.25, 0.3) is 0 Å². The molecule has 0 spiro atoms. The summed E-state index contributed by atoms with van der Waals surface area (Å²) in [4.78, 5) is 0. The summed E-state index contributed by atoms with van der Waals surface area (Å²) in [6.45, 7) is 6.79. The first-order valence-electron chi connectivity index (χ1n) is 6.58. The van der Waals surface area contributed by atoms with Crippen LogP contribution in [0, 0.1) is 0 Å². The zero-order chi connectivity index (χ0) is 11.9. The van der Waals surface area contributed by atoms with Crippen LogP contribution in [0.15, 0.2) is 6.33 Å². The maximum Gasteiger partial charge on any atom is 0.136 e. The fourth-order valence-corrected chi connectivity index (χ4v) is 2.31. The SMILES string of the molecule is CCOCCCn1cnnc1C1CCNCC1. The van der Waals surface area contributed by atoms with Crippen molar-refractivity contribution in [2.45, 2.75) is 38.6 Å². The second kappa shape index (κ2) is 6.71. The van der Waals surface area contributed by atoms with Crippen molar-refractivity contribution in [1.29, 1.82) is 0 Å². The van der Waals surface area contributed by atoms with Crippen molar-refractivity contribution in [3.8, 4) is 0 Å². The van der Waals surface area contributed by atoms with Crippen LogP contribution in [0.2, 0.25) is 0 Å². The first kappa shape index (κ1) is 12.5. The van der Waals surface area contributed by atoms with Gasteiger partial charge in [0.2, 0.25) is 0 Å². The van der Waals surface area contributed by atoms with Gasteiger partial charge in [-0.25, -0.2) is 0 Å². The number of aromatic nitrogens is 3. The molecule has 1 saturated heterocycles. The molecule has 1 N–H and O–H groups in total. The minimum Gasteiger partial charge on any atom is -0.382 e. The molecule has 96 valence electrons. The quantitative estimate of drug-likeness (QED) is 0.756. The van der Waals surface area contributed by atoms with E-state index in [1.54, 1.807) is 0 Å². The predicted octanol–water partition coefficient (Wildman–Crippen LogP) is 1.17. The molecule has 0 unspecified atom stereocenters. The fraction of sp³-hybridized carbons (Fsp3) is 0.833. The summed E-state index contributed by atoms with van der Waals surface area (Å²) in [5.41, 5.74) is 0. The summed E-state index contributed by atoms with van der Waals surface area (Å²) >= 11 is 0. The molecule has 2 rings (SSSR count). The molecular formula is C12H22N4O. The summed E-state index contributed by atoms with van der Waals surface area (Å²) in [6, 6.07) is 0. The molecule has 1 aromatic rings. The Balaban J connectivity index is 1.87. The van der Waals surface area contributed by atoms with Crippen molar-refractivity contribution in [2.24, 2.45) is 0 Å². The Morgan fingerprint density at radius 1 is 1.47 bits per heavy atom. The van der Waals surface area contributed by atoms with E-state index >= 15 is 0 Å². The Labute approximate surface area is 103 Å². The van der Waals surface area contributed by atoms with Gasteiger partial charge >= 0.3 is 0 Å². The summed E-state index contributed by atoms with van der Waals surface area (Å²) < 4.78 is 7.54. The highest BCUT2D eigenvalue weighted by Crippen LogP contribution is 2.23. The lowest BCUT2D eigenvalue weighted by atomic mass is 9.97. The highest BCUT2D eigenvalue weighted by atomic mass is 16.5. The van der Waals surface area contributed by atoms with Gasteiger partial charge in [-0.1, -0.05) is 0 Å². The summed E-state index contributed by atoms with van der Waals surface area (Å²) in [5, 5.41) is 11.7. The van der Waals surface area contributed by atoms with Gasteiger partial charge in [-0.3, -0.25) is 0 Å². The molecule has 0 bridgehead atoms. The molecule has 0 atom stereocenters. The van der Waals surface area contributed by atoms with Crippen molar-refractivity contribution >= 4 is 0 Å². The van der Waals surface area contributed by atoms with Gasteiger partial charge in [0.05, 0.1) is 0 Å². The number of hydrogen-bond acceptors (Lipinski definition) is 4. The molecule has 5 heteroatoms. The molecule has 0 aliphatic carbocycles. The first-order chi connectivity index (χ1) is 8.42. The molecule has 17 heavy (non-hydrogen) atoms. The number of piperidine rings is 1. The number of nitrogens with one attached hydrogen (secondary N) is 1. The van der Waals surface area contributed by atoms with Crippen LogP contribution in [0.5, 0.6) is 0 Å². The minimum absolute atomic E-state index is 0.575. The average Bonchev–Trinajstić information content (AvgIpc) is 2.84. The number of aryl methyl sites for hydroxylation is 1. The average molecular weight is 238 g/mol. The highest BCUT2D eigenvalue weighted by molar-refractivity contribution is 4.98. The minimum atomic E-state index is 0.575. The van der Waals surface area contributed by atoms with E-state index in [1.165, 1.54) is 12.8 Å². The van der Waals surface area contributed by atoms with Crippen molar-refractivity contribution in [2.75, 3.05) is 26.3 Å². The van der Waals surface area contributed by atoms with E-state index in [-0.39, 0.29) is 0 Å². The third-order valence-corrected chi connectivity index (χ3v) is 3.24. The monoisotopic (exact) mass is 238 g/mol. The Morgan fingerprint density at radius 2 is 2.29 bits per heavy atom. The normalized spacial score (nSPS) is 17.5. The number of ether oxygens (including phenoxy) is 1. The third kappa shape index (κ3) is 3.51. The lowest BCUT2D eigenvalue weighted by Crippen LogP contribution is -2.28. The smallest absolute Gasteiger partial charge is 0.136 e. The zero-order valence-electron chi connectivity index (χ0n) is 10.6. The van der Waals surface area contributed by atoms with Crippen molar-refractivity contribution in [3.63, 3.8) is 0 Å². The maximum absolute atomic E-state index is 5.35. The van der Waals surface area contributed by atoms with Crippen LogP contribution in [0.3, 0.4) is 0 Å². The molecule has 1 fully saturated rings. The summed E-state index contributed by atoms with van der Waals surface area (Å²) in [5.74, 6) is 1.73. The molecule has 1 aliphatic heterocycles. The van der Waals surface area contributed by atoms with Crippen LogP contribution in [0.4, 0.5) is 0 Å². The lowest BCUT2D eigenvalue weighted by Gasteiger charge is -2.22. The van der Waals surface area contributed by atoms with E-state index in [9.17, 15) is 0 Å². The Kier molecular flexibility index (Phi) is 4.94. The van der Waals surface area contributed by atoms with Gasteiger partial charge in [0, 0.05) is 25.7 Å². The van der Waals surface area contributed by atoms with Crippen LogP contribution in [-0.2, 0) is 11.3 Å². The van der Waals surface area contributed by atoms with Gasteiger partial charge in [-0.05, 0) is 39.3 Å². The standard InChI is InChI=1S/C12H22N4O/c1-2-17-9-3-8-16-10-14-15-12(16)11-4-6-13-7-5-11/h10-11,13H,2-9H2,1H3. The largest absolute Gasteiger partial charge is 0.382 e. The van der Waals surface area contributed by atoms with E-state index in [0.29, 0.717) is 5.92 Å². The number of rotatable bonds is 6. The zero-order valence-corrected chi connectivity index (χ0v) is 10.6. The summed E-state index contributed by atoms with van der Waals surface area (Å²) in [6.07, 6.45) is 5.22. The van der Waals surface area contributed by atoms with E-state index in [4.69, 9.17) is 4.74 Å². The van der Waals surface area contributed by atoms with Gasteiger partial charge in [0.1, 0.15) is 12.2 Å². The Morgan fingerprint density at radius 3 is 3.06 bits per heavy atom. The van der Waals surface area contributed by atoms with E-state index in [1.807, 2.05) is 13.3 Å². The second-order valence-electron chi connectivity index (χ2n) is 4.46. The number of hydrogen-bond donors (Lipinski definition) is 1. The van der Waals surface area contributed by atoms with E-state index in [0.717, 1.165) is 45.1 Å². The summed E-state index contributed by atoms with van der Waals surface area (Å²) in [7, 11) is 0. The van der Waals surface area contributed by atoms with Gasteiger partial charge < -0.3 is 14.6 Å².